The highest BCUT2D eigenvalue weighted by Gasteiger charge is 2.18. The van der Waals surface area contributed by atoms with Crippen LogP contribution >= 0.6 is 0 Å². The molecule has 0 aliphatic heterocycles. The molecule has 5 heteroatoms. The number of nitrogens with one attached hydrogen (secondary N) is 1. The third-order valence-electron chi connectivity index (χ3n) is 2.67. The lowest BCUT2D eigenvalue weighted by Crippen LogP contribution is -2.43. The molecule has 0 bridgehead atoms. The summed E-state index contributed by atoms with van der Waals surface area (Å²) >= 11 is 0. The van der Waals surface area contributed by atoms with Gasteiger partial charge in [-0.05, 0) is 12.0 Å². The molecule has 0 radical (unpaired) electrons. The van der Waals surface area contributed by atoms with Crippen LogP contribution in [0.2, 0.25) is 0 Å². The fourth-order valence-corrected chi connectivity index (χ4v) is 1.57. The Labute approximate surface area is 107 Å². The van der Waals surface area contributed by atoms with Crippen molar-refractivity contribution >= 4 is 5.91 Å². The number of carbonyl (C=O) groups excluding carboxylic acids is 1. The molecule has 1 aromatic rings. The second-order valence-corrected chi connectivity index (χ2v) is 4.04. The SMILES string of the molecule is COCCC(N)C(=O)N[C@@H](CO)c1ccccc1. The second-order valence-electron chi connectivity index (χ2n) is 4.04. The van der Waals surface area contributed by atoms with E-state index >= 15 is 0 Å². The lowest BCUT2D eigenvalue weighted by molar-refractivity contribution is -0.123. The molecule has 1 unspecified atom stereocenters. The number of methoxy groups -OCH3 is 1. The summed E-state index contributed by atoms with van der Waals surface area (Å²) in [6.45, 7) is 0.274. The number of ether oxygens (including phenoxy) is 1. The topological polar surface area (TPSA) is 84.6 Å². The van der Waals surface area contributed by atoms with Crippen LogP contribution in [0.1, 0.15) is 18.0 Å². The van der Waals surface area contributed by atoms with Crippen LogP contribution in [0.5, 0.6) is 0 Å². The molecule has 2 atom stereocenters. The molecular weight excluding hydrogens is 232 g/mol. The van der Waals surface area contributed by atoms with E-state index in [0.717, 1.165) is 5.56 Å². The number of rotatable bonds is 7. The van der Waals surface area contributed by atoms with Gasteiger partial charge < -0.3 is 20.9 Å². The number of carbonyl (C=O) groups is 1. The Morgan fingerprint density at radius 1 is 1.44 bits per heavy atom. The molecule has 0 saturated carbocycles. The minimum Gasteiger partial charge on any atom is -0.394 e. The summed E-state index contributed by atoms with van der Waals surface area (Å²) in [6, 6.07) is 8.24. The predicted molar refractivity (Wildman–Crippen MR) is 68.9 cm³/mol. The second kappa shape index (κ2) is 7.81. The van der Waals surface area contributed by atoms with E-state index in [0.29, 0.717) is 13.0 Å². The van der Waals surface area contributed by atoms with E-state index < -0.39 is 12.1 Å². The van der Waals surface area contributed by atoms with E-state index in [1.54, 1.807) is 7.11 Å². The molecule has 0 aliphatic rings. The van der Waals surface area contributed by atoms with Gasteiger partial charge in [0.05, 0.1) is 18.7 Å². The van der Waals surface area contributed by atoms with E-state index in [4.69, 9.17) is 10.5 Å². The Hall–Kier alpha value is -1.43. The van der Waals surface area contributed by atoms with E-state index in [1.165, 1.54) is 0 Å². The molecule has 5 nitrogen and oxygen atoms in total. The van der Waals surface area contributed by atoms with Gasteiger partial charge in [0, 0.05) is 13.7 Å². The molecule has 100 valence electrons. The number of amides is 1. The number of aliphatic hydroxyl groups is 1. The number of aliphatic hydroxyl groups excluding tert-OH is 1. The van der Waals surface area contributed by atoms with Gasteiger partial charge in [-0.3, -0.25) is 4.79 Å². The molecule has 0 aromatic heterocycles. The van der Waals surface area contributed by atoms with Gasteiger partial charge >= 0.3 is 0 Å². The summed E-state index contributed by atoms with van der Waals surface area (Å²) in [5.74, 6) is -0.282. The number of benzene rings is 1. The fourth-order valence-electron chi connectivity index (χ4n) is 1.57. The molecular formula is C13H20N2O3. The van der Waals surface area contributed by atoms with Gasteiger partial charge in [0.2, 0.25) is 5.91 Å². The molecule has 0 fully saturated rings. The molecule has 1 aromatic carbocycles. The lowest BCUT2D eigenvalue weighted by atomic mass is 10.1. The summed E-state index contributed by atoms with van der Waals surface area (Å²) in [5.41, 5.74) is 6.56. The molecule has 4 N–H and O–H groups in total. The van der Waals surface area contributed by atoms with Gasteiger partial charge in [-0.2, -0.15) is 0 Å². The predicted octanol–water partition coefficient (Wildman–Crippen LogP) is 0.200. The normalized spacial score (nSPS) is 13.9. The Morgan fingerprint density at radius 2 is 2.11 bits per heavy atom. The average molecular weight is 252 g/mol. The van der Waals surface area contributed by atoms with Crippen LogP contribution in [0.3, 0.4) is 0 Å². The minimum absolute atomic E-state index is 0.160. The Bertz CT molecular complexity index is 357. The molecule has 0 saturated heterocycles. The van der Waals surface area contributed by atoms with E-state index in [1.807, 2.05) is 30.3 Å². The van der Waals surface area contributed by atoms with Crippen molar-refractivity contribution in [2.24, 2.45) is 5.73 Å². The first-order chi connectivity index (χ1) is 8.69. The highest BCUT2D eigenvalue weighted by Crippen LogP contribution is 2.11. The summed E-state index contributed by atoms with van der Waals surface area (Å²) in [4.78, 5) is 11.8. The minimum atomic E-state index is -0.622. The number of hydrogen-bond donors (Lipinski definition) is 3. The van der Waals surface area contributed by atoms with Crippen LogP contribution in [-0.2, 0) is 9.53 Å². The monoisotopic (exact) mass is 252 g/mol. The van der Waals surface area contributed by atoms with Crippen molar-refractivity contribution in [2.45, 2.75) is 18.5 Å². The van der Waals surface area contributed by atoms with Crippen molar-refractivity contribution in [1.29, 1.82) is 0 Å². The third-order valence-corrected chi connectivity index (χ3v) is 2.67. The summed E-state index contributed by atoms with van der Waals surface area (Å²) in [5, 5.41) is 12.0. The van der Waals surface area contributed by atoms with Crippen LogP contribution in [0.25, 0.3) is 0 Å². The van der Waals surface area contributed by atoms with Crippen LogP contribution in [0.15, 0.2) is 30.3 Å². The van der Waals surface area contributed by atoms with Crippen LogP contribution < -0.4 is 11.1 Å². The Kier molecular flexibility index (Phi) is 6.35. The van der Waals surface area contributed by atoms with Gasteiger partial charge in [-0.25, -0.2) is 0 Å². The zero-order chi connectivity index (χ0) is 13.4. The van der Waals surface area contributed by atoms with Crippen molar-refractivity contribution in [1.82, 2.24) is 5.32 Å². The molecule has 1 amide bonds. The highest BCUT2D eigenvalue weighted by molar-refractivity contribution is 5.81. The van der Waals surface area contributed by atoms with Gasteiger partial charge in [0.15, 0.2) is 0 Å². The fraction of sp³-hybridized carbons (Fsp3) is 0.462. The van der Waals surface area contributed by atoms with E-state index in [9.17, 15) is 9.90 Å². The standard InChI is InChI=1S/C13H20N2O3/c1-18-8-7-11(14)13(17)15-12(9-16)10-5-3-2-4-6-10/h2-6,11-12,16H,7-9,14H2,1H3,(H,15,17)/t11?,12-/m0/s1. The smallest absolute Gasteiger partial charge is 0.237 e. The average Bonchev–Trinajstić information content (AvgIpc) is 2.42. The largest absolute Gasteiger partial charge is 0.394 e. The Balaban J connectivity index is 2.56. The third kappa shape index (κ3) is 4.44. The summed E-state index contributed by atoms with van der Waals surface area (Å²) in [6.07, 6.45) is 0.454. The van der Waals surface area contributed by atoms with E-state index in [2.05, 4.69) is 5.32 Å². The van der Waals surface area contributed by atoms with Crippen molar-refractivity contribution in [3.8, 4) is 0 Å². The maximum Gasteiger partial charge on any atom is 0.237 e. The van der Waals surface area contributed by atoms with Gasteiger partial charge in [0.25, 0.3) is 0 Å². The van der Waals surface area contributed by atoms with Crippen LogP contribution in [0.4, 0.5) is 0 Å². The zero-order valence-corrected chi connectivity index (χ0v) is 10.5. The van der Waals surface area contributed by atoms with Gasteiger partial charge in [-0.15, -0.1) is 0 Å². The maximum absolute atomic E-state index is 11.8. The van der Waals surface area contributed by atoms with Gasteiger partial charge in [0.1, 0.15) is 0 Å². The number of hydrogen-bond acceptors (Lipinski definition) is 4. The van der Waals surface area contributed by atoms with Gasteiger partial charge in [-0.1, -0.05) is 30.3 Å². The zero-order valence-electron chi connectivity index (χ0n) is 10.5. The highest BCUT2D eigenvalue weighted by atomic mass is 16.5. The van der Waals surface area contributed by atoms with E-state index in [-0.39, 0.29) is 12.5 Å². The Morgan fingerprint density at radius 3 is 2.67 bits per heavy atom. The van der Waals surface area contributed by atoms with Crippen molar-refractivity contribution in [2.75, 3.05) is 20.3 Å². The molecule has 0 aliphatic carbocycles. The summed E-state index contributed by atoms with van der Waals surface area (Å²) < 4.78 is 4.87. The lowest BCUT2D eigenvalue weighted by Gasteiger charge is -2.19. The maximum atomic E-state index is 11.8. The molecule has 0 spiro atoms. The first-order valence-electron chi connectivity index (χ1n) is 5.89. The molecule has 18 heavy (non-hydrogen) atoms. The molecule has 0 heterocycles. The van der Waals surface area contributed by atoms with Crippen molar-refractivity contribution in [3.63, 3.8) is 0 Å². The van der Waals surface area contributed by atoms with Crippen molar-refractivity contribution < 1.29 is 14.6 Å². The van der Waals surface area contributed by atoms with Crippen LogP contribution in [0, 0.1) is 0 Å². The quantitative estimate of drug-likeness (QED) is 0.647. The molecule has 1 rings (SSSR count). The first kappa shape index (κ1) is 14.6. The number of nitrogens with two attached hydrogens (primary N) is 1. The summed E-state index contributed by atoms with van der Waals surface area (Å²) in [7, 11) is 1.56. The first-order valence-corrected chi connectivity index (χ1v) is 5.89. The van der Waals surface area contributed by atoms with Crippen LogP contribution in [-0.4, -0.2) is 37.4 Å². The van der Waals surface area contributed by atoms with Crippen molar-refractivity contribution in [3.05, 3.63) is 35.9 Å².